The molecular formula is C17H34NO5P. The molecule has 0 aromatic heterocycles. The monoisotopic (exact) mass is 363 g/mol. The summed E-state index contributed by atoms with van der Waals surface area (Å²) in [5.74, 6) is 0. The van der Waals surface area contributed by atoms with Crippen LogP contribution in [0.15, 0.2) is 0 Å². The van der Waals surface area contributed by atoms with Crippen molar-refractivity contribution in [1.29, 1.82) is 0 Å². The van der Waals surface area contributed by atoms with Gasteiger partial charge >= 0.3 is 14.7 Å². The van der Waals surface area contributed by atoms with Crippen molar-refractivity contribution in [1.82, 2.24) is 5.32 Å². The molecule has 24 heavy (non-hydrogen) atoms. The lowest BCUT2D eigenvalue weighted by molar-refractivity contribution is 0.119. The molecule has 1 aliphatic rings. The average Bonchev–Trinajstić information content (AvgIpc) is 3.10. The highest BCUT2D eigenvalue weighted by Crippen LogP contribution is 2.43. The molecule has 0 saturated carbocycles. The highest BCUT2D eigenvalue weighted by Gasteiger charge is 2.18. The fourth-order valence-electron chi connectivity index (χ4n) is 2.44. The summed E-state index contributed by atoms with van der Waals surface area (Å²) >= 11 is 0. The summed E-state index contributed by atoms with van der Waals surface area (Å²) in [7, 11) is -1.21. The Morgan fingerprint density at radius 1 is 0.917 bits per heavy atom. The second kappa shape index (κ2) is 16.1. The molecule has 1 rings (SSSR count). The lowest BCUT2D eigenvalue weighted by atomic mass is 10.1. The minimum atomic E-state index is -1.21. The van der Waals surface area contributed by atoms with Gasteiger partial charge in [-0.15, -0.1) is 0 Å². The summed E-state index contributed by atoms with van der Waals surface area (Å²) in [6.07, 6.45) is 12.5. The fourth-order valence-corrected chi connectivity index (χ4v) is 3.33. The lowest BCUT2D eigenvalue weighted by Gasteiger charge is -2.09. The van der Waals surface area contributed by atoms with Gasteiger partial charge in [0, 0.05) is 6.54 Å². The summed E-state index contributed by atoms with van der Waals surface area (Å²) in [4.78, 5) is 11.5. The number of carbonyl (C=O) groups is 1. The van der Waals surface area contributed by atoms with Crippen LogP contribution in [0.1, 0.15) is 71.1 Å². The Balaban J connectivity index is 1.74. The minimum Gasteiger partial charge on any atom is -0.447 e. The van der Waals surface area contributed by atoms with Gasteiger partial charge in [0.15, 0.2) is 0 Å². The normalized spacial score (nSPS) is 14.9. The van der Waals surface area contributed by atoms with Gasteiger partial charge in [-0.05, 0) is 6.42 Å². The van der Waals surface area contributed by atoms with E-state index in [0.717, 1.165) is 12.8 Å². The van der Waals surface area contributed by atoms with Gasteiger partial charge in [-0.3, -0.25) is 0 Å². The largest absolute Gasteiger partial charge is 0.447 e. The van der Waals surface area contributed by atoms with Gasteiger partial charge in [0.05, 0.1) is 19.8 Å². The van der Waals surface area contributed by atoms with Gasteiger partial charge in [-0.2, -0.15) is 0 Å². The van der Waals surface area contributed by atoms with Crippen molar-refractivity contribution in [3.63, 3.8) is 0 Å². The molecule has 0 aliphatic carbocycles. The van der Waals surface area contributed by atoms with Crippen molar-refractivity contribution in [2.24, 2.45) is 0 Å². The van der Waals surface area contributed by atoms with E-state index in [4.69, 9.17) is 18.3 Å². The SMILES string of the molecule is CCCCCCCCCCCCNC(=O)OCCOP1OCCO1. The van der Waals surface area contributed by atoms with E-state index in [0.29, 0.717) is 26.4 Å². The van der Waals surface area contributed by atoms with E-state index >= 15 is 0 Å². The van der Waals surface area contributed by atoms with E-state index in [1.54, 1.807) is 0 Å². The number of carbonyl (C=O) groups excluding carboxylic acids is 1. The molecule has 1 heterocycles. The molecule has 1 saturated heterocycles. The molecule has 0 atom stereocenters. The quantitative estimate of drug-likeness (QED) is 0.330. The summed E-state index contributed by atoms with van der Waals surface area (Å²) in [5.41, 5.74) is 0. The molecule has 142 valence electrons. The molecule has 1 fully saturated rings. The molecule has 1 aliphatic heterocycles. The molecule has 0 spiro atoms. The number of rotatable bonds is 15. The van der Waals surface area contributed by atoms with Crippen LogP contribution in [0, 0.1) is 0 Å². The first-order valence-corrected chi connectivity index (χ1v) is 10.5. The van der Waals surface area contributed by atoms with Crippen LogP contribution in [0.3, 0.4) is 0 Å². The zero-order valence-corrected chi connectivity index (χ0v) is 16.0. The van der Waals surface area contributed by atoms with Crippen molar-refractivity contribution < 1.29 is 23.1 Å². The Morgan fingerprint density at radius 2 is 1.50 bits per heavy atom. The van der Waals surface area contributed by atoms with Crippen LogP contribution in [0.25, 0.3) is 0 Å². The minimum absolute atomic E-state index is 0.218. The second-order valence-electron chi connectivity index (χ2n) is 5.97. The van der Waals surface area contributed by atoms with Gasteiger partial charge in [-0.1, -0.05) is 64.7 Å². The molecule has 6 nitrogen and oxygen atoms in total. The smallest absolute Gasteiger partial charge is 0.407 e. The lowest BCUT2D eigenvalue weighted by Crippen LogP contribution is -2.26. The Bertz CT molecular complexity index is 301. The van der Waals surface area contributed by atoms with Gasteiger partial charge in [-0.25, -0.2) is 4.79 Å². The van der Waals surface area contributed by atoms with Crippen molar-refractivity contribution in [3.8, 4) is 0 Å². The number of hydrogen-bond donors (Lipinski definition) is 1. The molecule has 0 radical (unpaired) electrons. The van der Waals surface area contributed by atoms with Crippen LogP contribution in [0.4, 0.5) is 4.79 Å². The van der Waals surface area contributed by atoms with Crippen molar-refractivity contribution in [2.75, 3.05) is 33.0 Å². The van der Waals surface area contributed by atoms with Crippen LogP contribution in [-0.4, -0.2) is 39.1 Å². The number of ether oxygens (including phenoxy) is 1. The molecule has 0 bridgehead atoms. The third-order valence-corrected chi connectivity index (χ3v) is 4.97. The fraction of sp³-hybridized carbons (Fsp3) is 0.941. The van der Waals surface area contributed by atoms with Crippen molar-refractivity contribution >= 4 is 14.7 Å². The zero-order chi connectivity index (χ0) is 17.3. The van der Waals surface area contributed by atoms with Gasteiger partial charge < -0.3 is 23.6 Å². The van der Waals surface area contributed by atoms with E-state index in [9.17, 15) is 4.79 Å². The molecule has 1 N–H and O–H groups in total. The van der Waals surface area contributed by atoms with Crippen LogP contribution < -0.4 is 5.32 Å². The Labute approximate surface area is 147 Å². The molecule has 1 amide bonds. The van der Waals surface area contributed by atoms with Crippen LogP contribution in [0.5, 0.6) is 0 Å². The summed E-state index contributed by atoms with van der Waals surface area (Å²) in [6.45, 7) is 4.60. The predicted octanol–water partition coefficient (Wildman–Crippen LogP) is 4.92. The van der Waals surface area contributed by atoms with Gasteiger partial charge in [0.1, 0.15) is 6.61 Å². The topological polar surface area (TPSA) is 66.0 Å². The summed E-state index contributed by atoms with van der Waals surface area (Å²) in [6, 6.07) is 0. The third-order valence-electron chi connectivity index (χ3n) is 3.79. The Kier molecular flexibility index (Phi) is 14.5. The predicted molar refractivity (Wildman–Crippen MR) is 96.0 cm³/mol. The van der Waals surface area contributed by atoms with E-state index in [1.165, 1.54) is 51.4 Å². The van der Waals surface area contributed by atoms with E-state index in [-0.39, 0.29) is 12.7 Å². The Hall–Kier alpha value is -0.420. The molecule has 0 unspecified atom stereocenters. The van der Waals surface area contributed by atoms with Crippen LogP contribution >= 0.6 is 8.60 Å². The maximum Gasteiger partial charge on any atom is 0.407 e. The maximum atomic E-state index is 11.5. The van der Waals surface area contributed by atoms with Gasteiger partial charge in [0.25, 0.3) is 0 Å². The maximum absolute atomic E-state index is 11.5. The van der Waals surface area contributed by atoms with E-state index in [2.05, 4.69) is 12.2 Å². The zero-order valence-electron chi connectivity index (χ0n) is 15.1. The number of alkyl carbamates (subject to hydrolysis) is 1. The molecule has 0 aromatic rings. The van der Waals surface area contributed by atoms with Crippen LogP contribution in [0.2, 0.25) is 0 Å². The number of amides is 1. The first kappa shape index (κ1) is 21.6. The Morgan fingerprint density at radius 3 is 2.12 bits per heavy atom. The number of hydrogen-bond acceptors (Lipinski definition) is 5. The first-order chi connectivity index (χ1) is 11.8. The van der Waals surface area contributed by atoms with E-state index in [1.807, 2.05) is 0 Å². The van der Waals surface area contributed by atoms with Crippen molar-refractivity contribution in [2.45, 2.75) is 71.1 Å². The second-order valence-corrected chi connectivity index (χ2v) is 7.19. The number of nitrogens with one attached hydrogen (secondary N) is 1. The summed E-state index contributed by atoms with van der Waals surface area (Å²) in [5, 5.41) is 2.76. The molecule has 0 aromatic carbocycles. The highest BCUT2D eigenvalue weighted by atomic mass is 31.2. The first-order valence-electron chi connectivity index (χ1n) is 9.42. The molecular weight excluding hydrogens is 329 g/mol. The van der Waals surface area contributed by atoms with Crippen molar-refractivity contribution in [3.05, 3.63) is 0 Å². The van der Waals surface area contributed by atoms with E-state index < -0.39 is 8.60 Å². The summed E-state index contributed by atoms with van der Waals surface area (Å²) < 4.78 is 20.6. The standard InChI is InChI=1S/C17H34NO5P/c1-2-3-4-5-6-7-8-9-10-11-12-18-17(19)20-13-14-21-24-22-15-16-23-24/h2-16H2,1H3,(H,18,19). The third kappa shape index (κ3) is 12.9. The number of unbranched alkanes of at least 4 members (excludes halogenated alkanes) is 9. The average molecular weight is 363 g/mol. The highest BCUT2D eigenvalue weighted by molar-refractivity contribution is 7.41. The van der Waals surface area contributed by atoms with Crippen LogP contribution in [-0.2, 0) is 18.3 Å². The molecule has 7 heteroatoms. The van der Waals surface area contributed by atoms with Gasteiger partial charge in [0.2, 0.25) is 0 Å².